The van der Waals surface area contributed by atoms with Crippen LogP contribution in [0.5, 0.6) is 6.01 Å². The summed E-state index contributed by atoms with van der Waals surface area (Å²) in [5, 5.41) is 13.9. The maximum Gasteiger partial charge on any atom is 0.316 e. The number of anilines is 2. The van der Waals surface area contributed by atoms with Gasteiger partial charge in [-0.2, -0.15) is 0 Å². The van der Waals surface area contributed by atoms with Gasteiger partial charge in [0, 0.05) is 28.7 Å². The molecule has 2 N–H and O–H groups in total. The smallest absolute Gasteiger partial charge is 0.316 e. The number of nitrogens with one attached hydrogen (secondary N) is 1. The fraction of sp³-hybridized carbons (Fsp3) is 0.250. The van der Waals surface area contributed by atoms with Crippen LogP contribution >= 0.6 is 22.9 Å². The second-order valence-electron chi connectivity index (χ2n) is 8.02. The van der Waals surface area contributed by atoms with Gasteiger partial charge < -0.3 is 15.2 Å². The van der Waals surface area contributed by atoms with Crippen LogP contribution in [0.4, 0.5) is 10.8 Å². The molecule has 0 radical (unpaired) electrons. The number of aromatic nitrogens is 3. The molecule has 5 rings (SSSR count). The molecule has 2 aromatic carbocycles. The lowest BCUT2D eigenvalue weighted by atomic mass is 9.87. The van der Waals surface area contributed by atoms with E-state index in [9.17, 15) is 4.79 Å². The van der Waals surface area contributed by atoms with Crippen molar-refractivity contribution in [1.82, 2.24) is 15.0 Å². The number of fused-ring (bicyclic) bond motifs is 1. The van der Waals surface area contributed by atoms with Crippen molar-refractivity contribution >= 4 is 49.9 Å². The summed E-state index contributed by atoms with van der Waals surface area (Å²) in [5.74, 6) is -0.987. The quantitative estimate of drug-likeness (QED) is 0.340. The monoisotopic (exact) mass is 480 g/mol. The van der Waals surface area contributed by atoms with Crippen molar-refractivity contribution in [2.24, 2.45) is 5.92 Å². The molecule has 1 aliphatic rings. The van der Waals surface area contributed by atoms with E-state index in [2.05, 4.69) is 20.3 Å². The Morgan fingerprint density at radius 1 is 1.03 bits per heavy atom. The predicted octanol–water partition coefficient (Wildman–Crippen LogP) is 6.17. The van der Waals surface area contributed by atoms with Gasteiger partial charge in [0.1, 0.15) is 6.10 Å². The van der Waals surface area contributed by atoms with Crippen molar-refractivity contribution < 1.29 is 14.6 Å². The molecule has 2 heterocycles. The van der Waals surface area contributed by atoms with E-state index in [-0.39, 0.29) is 12.0 Å². The van der Waals surface area contributed by atoms with Gasteiger partial charge in [0.05, 0.1) is 16.1 Å². The summed E-state index contributed by atoms with van der Waals surface area (Å²) in [4.78, 5) is 24.3. The highest BCUT2D eigenvalue weighted by molar-refractivity contribution is 7.22. The standard InChI is InChI=1S/C24H21ClN4O3S/c25-17-5-10-20-21(11-17)33-24(29-20)28-18-6-1-14(2-7-18)16-12-26-23(27-13-16)32-19-8-3-15(4-9-19)22(30)31/h1-2,5-7,10-13,15,19H,3-4,8-9H2,(H,28,29)(H,30,31). The zero-order valence-corrected chi connectivity index (χ0v) is 19.1. The molecular formula is C24H21ClN4O3S. The van der Waals surface area contributed by atoms with Gasteiger partial charge in [0.15, 0.2) is 5.13 Å². The van der Waals surface area contributed by atoms with E-state index in [0.717, 1.165) is 32.2 Å². The maximum atomic E-state index is 11.1. The summed E-state index contributed by atoms with van der Waals surface area (Å²) in [6.07, 6.45) is 6.12. The molecule has 9 heteroatoms. The van der Waals surface area contributed by atoms with Gasteiger partial charge in [-0.3, -0.25) is 4.79 Å². The van der Waals surface area contributed by atoms with Gasteiger partial charge in [0.2, 0.25) is 0 Å². The van der Waals surface area contributed by atoms with Gasteiger partial charge in [-0.1, -0.05) is 35.1 Å². The number of rotatable bonds is 6. The number of ether oxygens (including phenoxy) is 1. The van der Waals surface area contributed by atoms with Crippen molar-refractivity contribution in [1.29, 1.82) is 0 Å². The topological polar surface area (TPSA) is 97.2 Å². The maximum absolute atomic E-state index is 11.1. The zero-order chi connectivity index (χ0) is 22.8. The number of carboxylic acid groups (broad SMARTS) is 1. The number of aliphatic carboxylic acids is 1. The van der Waals surface area contributed by atoms with E-state index < -0.39 is 5.97 Å². The summed E-state index contributed by atoms with van der Waals surface area (Å²) in [5.41, 5.74) is 3.72. The van der Waals surface area contributed by atoms with Crippen molar-refractivity contribution in [3.8, 4) is 17.1 Å². The molecule has 0 atom stereocenters. The van der Waals surface area contributed by atoms with E-state index in [4.69, 9.17) is 21.4 Å². The first-order chi connectivity index (χ1) is 16.0. The van der Waals surface area contributed by atoms with Gasteiger partial charge >= 0.3 is 12.0 Å². The number of carboxylic acids is 1. The molecule has 1 aliphatic carbocycles. The van der Waals surface area contributed by atoms with E-state index >= 15 is 0 Å². The van der Waals surface area contributed by atoms with E-state index in [1.54, 1.807) is 23.7 Å². The summed E-state index contributed by atoms with van der Waals surface area (Å²) in [6.45, 7) is 0. The summed E-state index contributed by atoms with van der Waals surface area (Å²) in [7, 11) is 0. The number of halogens is 1. The lowest BCUT2D eigenvalue weighted by molar-refractivity contribution is -0.143. The number of hydrogen-bond acceptors (Lipinski definition) is 7. The largest absolute Gasteiger partial charge is 0.481 e. The third-order valence-electron chi connectivity index (χ3n) is 5.74. The Kier molecular flexibility index (Phi) is 6.11. The molecule has 0 bridgehead atoms. The third kappa shape index (κ3) is 5.07. The predicted molar refractivity (Wildman–Crippen MR) is 129 cm³/mol. The van der Waals surface area contributed by atoms with Crippen LogP contribution in [-0.2, 0) is 4.79 Å². The number of hydrogen-bond donors (Lipinski definition) is 2. The van der Waals surface area contributed by atoms with Gasteiger partial charge in [-0.05, 0) is 61.6 Å². The summed E-state index contributed by atoms with van der Waals surface area (Å²) < 4.78 is 6.89. The van der Waals surface area contributed by atoms with Crippen LogP contribution in [0, 0.1) is 5.92 Å². The number of thiazole rings is 1. The highest BCUT2D eigenvalue weighted by Gasteiger charge is 2.27. The van der Waals surface area contributed by atoms with E-state index in [1.807, 2.05) is 42.5 Å². The van der Waals surface area contributed by atoms with Gasteiger partial charge in [-0.15, -0.1) is 0 Å². The van der Waals surface area contributed by atoms with Crippen molar-refractivity contribution in [3.05, 3.63) is 59.9 Å². The van der Waals surface area contributed by atoms with Crippen LogP contribution in [0.2, 0.25) is 5.02 Å². The Balaban J connectivity index is 1.20. The minimum absolute atomic E-state index is 0.0321. The third-order valence-corrected chi connectivity index (χ3v) is 6.91. The SMILES string of the molecule is O=C(O)C1CCC(Oc2ncc(-c3ccc(Nc4nc5ccc(Cl)cc5s4)cc3)cn2)CC1. The first kappa shape index (κ1) is 21.6. The van der Waals surface area contributed by atoms with Crippen LogP contribution in [0.15, 0.2) is 54.9 Å². The Labute approximate surface area is 199 Å². The van der Waals surface area contributed by atoms with Crippen LogP contribution < -0.4 is 10.1 Å². The molecule has 168 valence electrons. The fourth-order valence-corrected chi connectivity index (χ4v) is 5.09. The average Bonchev–Trinajstić information content (AvgIpc) is 3.22. The molecule has 7 nitrogen and oxygen atoms in total. The Hall–Kier alpha value is -3.23. The number of nitrogens with zero attached hydrogens (tertiary/aromatic N) is 3. The normalized spacial score (nSPS) is 18.2. The van der Waals surface area contributed by atoms with Crippen LogP contribution in [0.1, 0.15) is 25.7 Å². The summed E-state index contributed by atoms with van der Waals surface area (Å²) in [6, 6.07) is 14.0. The molecule has 4 aromatic rings. The first-order valence-electron chi connectivity index (χ1n) is 10.7. The highest BCUT2D eigenvalue weighted by atomic mass is 35.5. The Morgan fingerprint density at radius 2 is 1.76 bits per heavy atom. The Bertz CT molecular complexity index is 1270. The average molecular weight is 481 g/mol. The number of carbonyl (C=O) groups is 1. The molecule has 0 aliphatic heterocycles. The second-order valence-corrected chi connectivity index (χ2v) is 9.48. The van der Waals surface area contributed by atoms with Crippen molar-refractivity contribution in [3.63, 3.8) is 0 Å². The van der Waals surface area contributed by atoms with E-state index in [0.29, 0.717) is 36.7 Å². The lowest BCUT2D eigenvalue weighted by Crippen LogP contribution is -2.28. The van der Waals surface area contributed by atoms with Crippen LogP contribution in [0.25, 0.3) is 21.3 Å². The van der Waals surface area contributed by atoms with E-state index in [1.165, 1.54) is 0 Å². The molecule has 1 saturated carbocycles. The molecule has 1 fully saturated rings. The highest BCUT2D eigenvalue weighted by Crippen LogP contribution is 2.31. The fourth-order valence-electron chi connectivity index (χ4n) is 3.92. The molecule has 33 heavy (non-hydrogen) atoms. The molecule has 0 amide bonds. The lowest BCUT2D eigenvalue weighted by Gasteiger charge is -2.25. The van der Waals surface area contributed by atoms with Crippen molar-refractivity contribution in [2.45, 2.75) is 31.8 Å². The summed E-state index contributed by atoms with van der Waals surface area (Å²) >= 11 is 7.61. The van der Waals surface area contributed by atoms with Gasteiger partial charge in [0.25, 0.3) is 0 Å². The van der Waals surface area contributed by atoms with Crippen LogP contribution in [-0.4, -0.2) is 32.1 Å². The molecule has 2 aromatic heterocycles. The minimum atomic E-state index is -0.722. The molecular weight excluding hydrogens is 460 g/mol. The molecule has 0 spiro atoms. The minimum Gasteiger partial charge on any atom is -0.481 e. The van der Waals surface area contributed by atoms with Crippen molar-refractivity contribution in [2.75, 3.05) is 5.32 Å². The second kappa shape index (κ2) is 9.33. The zero-order valence-electron chi connectivity index (χ0n) is 17.6. The molecule has 0 saturated heterocycles. The number of benzene rings is 2. The first-order valence-corrected chi connectivity index (χ1v) is 11.9. The Morgan fingerprint density at radius 3 is 2.45 bits per heavy atom. The molecule has 0 unspecified atom stereocenters. The van der Waals surface area contributed by atoms with Gasteiger partial charge in [-0.25, -0.2) is 15.0 Å². The van der Waals surface area contributed by atoms with Crippen LogP contribution in [0.3, 0.4) is 0 Å².